The van der Waals surface area contributed by atoms with Crippen LogP contribution in [0.1, 0.15) is 5.56 Å². The molecule has 1 fully saturated rings. The summed E-state index contributed by atoms with van der Waals surface area (Å²) in [4.78, 5) is 22.6. The van der Waals surface area contributed by atoms with E-state index >= 15 is 0 Å². The van der Waals surface area contributed by atoms with Gasteiger partial charge in [0.1, 0.15) is 5.70 Å². The second-order valence-corrected chi connectivity index (χ2v) is 4.88. The molecule has 2 rings (SSSR count). The second kappa shape index (κ2) is 6.97. The van der Waals surface area contributed by atoms with Crippen LogP contribution in [0.4, 0.5) is 0 Å². The predicted molar refractivity (Wildman–Crippen MR) is 86.1 cm³/mol. The quantitative estimate of drug-likeness (QED) is 0.491. The number of benzene rings is 1. The van der Waals surface area contributed by atoms with Crippen molar-refractivity contribution in [1.29, 1.82) is 0 Å². The van der Waals surface area contributed by atoms with Crippen LogP contribution in [0.5, 0.6) is 17.2 Å². The van der Waals surface area contributed by atoms with E-state index in [-0.39, 0.29) is 23.4 Å². The summed E-state index contributed by atoms with van der Waals surface area (Å²) in [5, 5.41) is 5.44. The lowest BCUT2D eigenvalue weighted by Gasteiger charge is -2.14. The maximum Gasteiger partial charge on any atom is 0.273 e. The first-order valence-corrected chi connectivity index (χ1v) is 6.86. The highest BCUT2D eigenvalue weighted by atomic mass is 32.1. The van der Waals surface area contributed by atoms with Crippen molar-refractivity contribution in [1.82, 2.24) is 10.6 Å². The summed E-state index contributed by atoms with van der Waals surface area (Å²) >= 11 is 4.87. The summed E-state index contributed by atoms with van der Waals surface area (Å²) in [5.74, 6) is -0.0465. The minimum absolute atomic E-state index is 0.238. The molecule has 1 aliphatic rings. The fourth-order valence-electron chi connectivity index (χ4n) is 1.92. The molecule has 1 aromatic rings. The molecule has 1 saturated heterocycles. The van der Waals surface area contributed by atoms with Gasteiger partial charge in [-0.05, 0) is 36.0 Å². The Kier molecular flexibility index (Phi) is 5.02. The van der Waals surface area contributed by atoms with E-state index in [1.165, 1.54) is 14.2 Å². The highest BCUT2D eigenvalue weighted by Crippen LogP contribution is 2.39. The smallest absolute Gasteiger partial charge is 0.273 e. The molecule has 0 atom stereocenters. The zero-order chi connectivity index (χ0) is 17.0. The number of rotatable bonds is 6. The molecule has 1 aliphatic heterocycles. The first kappa shape index (κ1) is 16.6. The van der Waals surface area contributed by atoms with Crippen molar-refractivity contribution in [2.24, 2.45) is 5.73 Å². The Balaban J connectivity index is 2.39. The lowest BCUT2D eigenvalue weighted by atomic mass is 10.1. The van der Waals surface area contributed by atoms with Gasteiger partial charge in [0.15, 0.2) is 23.2 Å². The fraction of sp³-hybridized carbons (Fsp3) is 0.214. The van der Waals surface area contributed by atoms with Gasteiger partial charge in [-0.25, -0.2) is 0 Å². The van der Waals surface area contributed by atoms with E-state index < -0.39 is 5.91 Å². The third-order valence-corrected chi connectivity index (χ3v) is 3.08. The average Bonchev–Trinajstić information content (AvgIpc) is 2.82. The summed E-state index contributed by atoms with van der Waals surface area (Å²) < 4.78 is 15.8. The standard InChI is InChI=1S/C14H15N3O5S/c1-20-9-4-7(3-8-13(19)17-14(23)16-8)5-10(21-2)12(9)22-6-11(15)18/h3-5H,6H2,1-2H3,(H2,15,18)(H2,16,17,19,23)/b8-3-. The monoisotopic (exact) mass is 337 g/mol. The molecule has 0 bridgehead atoms. The molecular weight excluding hydrogens is 322 g/mol. The van der Waals surface area contributed by atoms with E-state index in [1.807, 2.05) is 0 Å². The molecule has 9 heteroatoms. The molecule has 0 saturated carbocycles. The van der Waals surface area contributed by atoms with Crippen molar-refractivity contribution in [2.75, 3.05) is 20.8 Å². The van der Waals surface area contributed by atoms with Crippen LogP contribution in [0.3, 0.4) is 0 Å². The van der Waals surface area contributed by atoms with Crippen molar-refractivity contribution in [3.8, 4) is 17.2 Å². The van der Waals surface area contributed by atoms with E-state index in [4.69, 9.17) is 32.2 Å². The Morgan fingerprint density at radius 3 is 2.30 bits per heavy atom. The molecule has 0 unspecified atom stereocenters. The van der Waals surface area contributed by atoms with Gasteiger partial charge in [-0.15, -0.1) is 0 Å². The normalized spacial score (nSPS) is 15.1. The van der Waals surface area contributed by atoms with E-state index in [9.17, 15) is 9.59 Å². The molecule has 0 radical (unpaired) electrons. The maximum absolute atomic E-state index is 11.7. The Morgan fingerprint density at radius 2 is 1.87 bits per heavy atom. The van der Waals surface area contributed by atoms with Gasteiger partial charge in [0.25, 0.3) is 11.8 Å². The van der Waals surface area contributed by atoms with Gasteiger partial charge < -0.3 is 25.3 Å². The van der Waals surface area contributed by atoms with Gasteiger partial charge in [0.2, 0.25) is 5.75 Å². The highest BCUT2D eigenvalue weighted by molar-refractivity contribution is 7.80. The minimum Gasteiger partial charge on any atom is -0.493 e. The van der Waals surface area contributed by atoms with Crippen LogP contribution in [0, 0.1) is 0 Å². The van der Waals surface area contributed by atoms with E-state index in [0.717, 1.165) is 0 Å². The molecule has 122 valence electrons. The third-order valence-electron chi connectivity index (χ3n) is 2.87. The van der Waals surface area contributed by atoms with Crippen molar-refractivity contribution in [3.63, 3.8) is 0 Å². The van der Waals surface area contributed by atoms with Gasteiger partial charge in [-0.2, -0.15) is 0 Å². The van der Waals surface area contributed by atoms with Crippen LogP contribution >= 0.6 is 12.2 Å². The highest BCUT2D eigenvalue weighted by Gasteiger charge is 2.21. The Hall–Kier alpha value is -2.81. The summed E-state index contributed by atoms with van der Waals surface area (Å²) in [6.07, 6.45) is 1.58. The fourth-order valence-corrected chi connectivity index (χ4v) is 2.12. The van der Waals surface area contributed by atoms with Gasteiger partial charge in [0.05, 0.1) is 14.2 Å². The van der Waals surface area contributed by atoms with Crippen LogP contribution in [0.15, 0.2) is 17.8 Å². The summed E-state index contributed by atoms with van der Waals surface area (Å²) in [7, 11) is 2.89. The number of hydrogen-bond acceptors (Lipinski definition) is 6. The molecule has 0 aromatic heterocycles. The molecular formula is C14H15N3O5S. The molecule has 1 aromatic carbocycles. The molecule has 1 heterocycles. The van der Waals surface area contributed by atoms with Crippen LogP contribution < -0.4 is 30.6 Å². The minimum atomic E-state index is -0.624. The number of nitrogens with two attached hydrogens (primary N) is 1. The lowest BCUT2D eigenvalue weighted by molar-refractivity contribution is -0.120. The van der Waals surface area contributed by atoms with Gasteiger partial charge >= 0.3 is 0 Å². The lowest BCUT2D eigenvalue weighted by Crippen LogP contribution is -2.21. The zero-order valence-corrected chi connectivity index (χ0v) is 13.3. The number of hydrogen-bond donors (Lipinski definition) is 3. The van der Waals surface area contributed by atoms with E-state index in [1.54, 1.807) is 18.2 Å². The van der Waals surface area contributed by atoms with Crippen LogP contribution in [-0.4, -0.2) is 37.8 Å². The van der Waals surface area contributed by atoms with Crippen molar-refractivity contribution < 1.29 is 23.8 Å². The average molecular weight is 337 g/mol. The SMILES string of the molecule is COc1cc(/C=C2\NC(=S)NC2=O)cc(OC)c1OCC(N)=O. The van der Waals surface area contributed by atoms with Gasteiger partial charge in [0, 0.05) is 0 Å². The molecule has 23 heavy (non-hydrogen) atoms. The largest absolute Gasteiger partial charge is 0.493 e. The van der Waals surface area contributed by atoms with Crippen molar-refractivity contribution in [2.45, 2.75) is 0 Å². The second-order valence-electron chi connectivity index (χ2n) is 4.48. The number of ether oxygens (including phenoxy) is 3. The third kappa shape index (κ3) is 3.89. The molecule has 4 N–H and O–H groups in total. The molecule has 2 amide bonds. The first-order chi connectivity index (χ1) is 10.9. The first-order valence-electron chi connectivity index (χ1n) is 6.45. The number of thiocarbonyl (C=S) groups is 1. The summed E-state index contributed by atoms with van der Waals surface area (Å²) in [6.45, 7) is -0.314. The zero-order valence-electron chi connectivity index (χ0n) is 12.5. The van der Waals surface area contributed by atoms with Crippen molar-refractivity contribution >= 4 is 35.2 Å². The van der Waals surface area contributed by atoms with Crippen LogP contribution in [0.2, 0.25) is 0 Å². The number of amides is 2. The number of carbonyl (C=O) groups is 2. The summed E-state index contributed by atoms with van der Waals surface area (Å²) in [6, 6.07) is 3.25. The molecule has 0 spiro atoms. The van der Waals surface area contributed by atoms with Crippen LogP contribution in [-0.2, 0) is 9.59 Å². The van der Waals surface area contributed by atoms with E-state index in [0.29, 0.717) is 22.8 Å². The topological polar surface area (TPSA) is 112 Å². The Morgan fingerprint density at radius 1 is 1.26 bits per heavy atom. The number of nitrogens with one attached hydrogen (secondary N) is 2. The van der Waals surface area contributed by atoms with Crippen molar-refractivity contribution in [3.05, 3.63) is 23.4 Å². The van der Waals surface area contributed by atoms with E-state index in [2.05, 4.69) is 10.6 Å². The Labute approximate surface area is 137 Å². The molecule has 8 nitrogen and oxygen atoms in total. The molecule has 0 aliphatic carbocycles. The summed E-state index contributed by atoms with van der Waals surface area (Å²) in [5.41, 5.74) is 5.98. The maximum atomic E-state index is 11.7. The number of methoxy groups -OCH3 is 2. The Bertz CT molecular complexity index is 677. The van der Waals surface area contributed by atoms with Gasteiger partial charge in [-0.3, -0.25) is 14.9 Å². The van der Waals surface area contributed by atoms with Gasteiger partial charge in [-0.1, -0.05) is 0 Å². The number of primary amides is 1. The number of carbonyl (C=O) groups excluding carboxylic acids is 2. The predicted octanol–water partition coefficient (Wildman–Crippen LogP) is -0.0869. The van der Waals surface area contributed by atoms with Crippen LogP contribution in [0.25, 0.3) is 6.08 Å².